The topological polar surface area (TPSA) is 77.5 Å². The second kappa shape index (κ2) is 8.67. The van der Waals surface area contributed by atoms with Crippen LogP contribution in [0.25, 0.3) is 16.3 Å². The molecule has 3 rings (SSSR count). The van der Waals surface area contributed by atoms with Crippen LogP contribution in [0.1, 0.15) is 17.5 Å². The third-order valence-electron chi connectivity index (χ3n) is 3.95. The Bertz CT molecular complexity index is 1010. The monoisotopic (exact) mass is 396 g/mol. The first-order chi connectivity index (χ1) is 13.5. The van der Waals surface area contributed by atoms with E-state index in [-0.39, 0.29) is 0 Å². The number of benzene rings is 2. The Kier molecular flexibility index (Phi) is 6.06. The third-order valence-corrected chi connectivity index (χ3v) is 4.95. The maximum Gasteiger partial charge on any atom is 0.331 e. The fourth-order valence-corrected chi connectivity index (χ4v) is 3.39. The summed E-state index contributed by atoms with van der Waals surface area (Å²) in [5.74, 6) is -0.517. The SMILES string of the molecule is COc1ccc(C)cc1NC(=O)[C@H](C)OC(=O)/C=C/c1nc2ccccc2s1. The molecule has 6 nitrogen and oxygen atoms in total. The number of aromatic nitrogens is 1. The zero-order valence-corrected chi connectivity index (χ0v) is 16.6. The van der Waals surface area contributed by atoms with Gasteiger partial charge in [-0.3, -0.25) is 4.79 Å². The lowest BCUT2D eigenvalue weighted by molar-refractivity contribution is -0.148. The van der Waals surface area contributed by atoms with Crippen molar-refractivity contribution in [2.75, 3.05) is 12.4 Å². The van der Waals surface area contributed by atoms with Crippen molar-refractivity contribution in [3.8, 4) is 5.75 Å². The molecule has 0 spiro atoms. The molecule has 0 aliphatic rings. The van der Waals surface area contributed by atoms with Crippen molar-refractivity contribution in [2.24, 2.45) is 0 Å². The molecule has 7 heteroatoms. The Balaban J connectivity index is 1.60. The summed E-state index contributed by atoms with van der Waals surface area (Å²) >= 11 is 1.47. The Labute approximate surface area is 166 Å². The first-order valence-electron chi connectivity index (χ1n) is 8.66. The number of aryl methyl sites for hydroxylation is 1. The zero-order valence-electron chi connectivity index (χ0n) is 15.8. The summed E-state index contributed by atoms with van der Waals surface area (Å²) in [4.78, 5) is 28.8. The largest absolute Gasteiger partial charge is 0.495 e. The average molecular weight is 396 g/mol. The lowest BCUT2D eigenvalue weighted by Gasteiger charge is -2.15. The molecular weight excluding hydrogens is 376 g/mol. The number of anilines is 1. The molecule has 1 amide bonds. The summed E-state index contributed by atoms with van der Waals surface area (Å²) in [6.45, 7) is 3.42. The van der Waals surface area contributed by atoms with Gasteiger partial charge in [0.1, 0.15) is 10.8 Å². The number of amides is 1. The molecule has 1 heterocycles. The van der Waals surface area contributed by atoms with E-state index in [0.717, 1.165) is 15.8 Å². The molecule has 1 N–H and O–H groups in total. The van der Waals surface area contributed by atoms with Crippen LogP contribution in [0.3, 0.4) is 0 Å². The van der Waals surface area contributed by atoms with Crippen LogP contribution in [0, 0.1) is 6.92 Å². The number of fused-ring (bicyclic) bond motifs is 1. The average Bonchev–Trinajstić information content (AvgIpc) is 3.09. The van der Waals surface area contributed by atoms with Crippen LogP contribution in [-0.4, -0.2) is 30.1 Å². The van der Waals surface area contributed by atoms with Gasteiger partial charge in [0.05, 0.1) is 23.0 Å². The number of rotatable bonds is 6. The Morgan fingerprint density at radius 3 is 2.75 bits per heavy atom. The molecule has 0 aliphatic carbocycles. The van der Waals surface area contributed by atoms with Crippen molar-refractivity contribution in [1.82, 2.24) is 4.98 Å². The van der Waals surface area contributed by atoms with Gasteiger partial charge in [0.2, 0.25) is 0 Å². The van der Waals surface area contributed by atoms with Crippen LogP contribution < -0.4 is 10.1 Å². The van der Waals surface area contributed by atoms with E-state index in [4.69, 9.17) is 9.47 Å². The van der Waals surface area contributed by atoms with E-state index in [1.54, 1.807) is 18.2 Å². The van der Waals surface area contributed by atoms with Crippen molar-refractivity contribution in [3.63, 3.8) is 0 Å². The summed E-state index contributed by atoms with van der Waals surface area (Å²) < 4.78 is 11.5. The van der Waals surface area contributed by atoms with Gasteiger partial charge >= 0.3 is 5.97 Å². The number of methoxy groups -OCH3 is 1. The lowest BCUT2D eigenvalue weighted by Crippen LogP contribution is -2.29. The predicted octanol–water partition coefficient (Wildman–Crippen LogP) is 4.20. The van der Waals surface area contributed by atoms with Gasteiger partial charge < -0.3 is 14.8 Å². The zero-order chi connectivity index (χ0) is 20.1. The van der Waals surface area contributed by atoms with Gasteiger partial charge in [-0.05, 0) is 49.8 Å². The standard InChI is InChI=1S/C21H20N2O4S/c1-13-8-9-17(26-3)16(12-13)23-21(25)14(2)27-20(24)11-10-19-22-15-6-4-5-7-18(15)28-19/h4-12,14H,1-3H3,(H,23,25)/b11-10+/t14-/m0/s1. The molecule has 0 radical (unpaired) electrons. The number of esters is 1. The van der Waals surface area contributed by atoms with Gasteiger partial charge in [-0.2, -0.15) is 0 Å². The van der Waals surface area contributed by atoms with E-state index in [1.807, 2.05) is 37.3 Å². The minimum atomic E-state index is -0.960. The summed E-state index contributed by atoms with van der Waals surface area (Å²) in [6, 6.07) is 13.2. The van der Waals surface area contributed by atoms with E-state index < -0.39 is 18.0 Å². The van der Waals surface area contributed by atoms with E-state index in [0.29, 0.717) is 16.4 Å². The van der Waals surface area contributed by atoms with Gasteiger partial charge in [0.15, 0.2) is 6.10 Å². The molecule has 144 valence electrons. The molecule has 1 aromatic heterocycles. The van der Waals surface area contributed by atoms with Gasteiger partial charge in [-0.15, -0.1) is 11.3 Å². The highest BCUT2D eigenvalue weighted by Gasteiger charge is 2.18. The first kappa shape index (κ1) is 19.6. The molecule has 2 aromatic carbocycles. The van der Waals surface area contributed by atoms with Crippen LogP contribution in [0.2, 0.25) is 0 Å². The maximum absolute atomic E-state index is 12.3. The molecular formula is C21H20N2O4S. The first-order valence-corrected chi connectivity index (χ1v) is 9.47. The highest BCUT2D eigenvalue weighted by Crippen LogP contribution is 2.25. The number of hydrogen-bond donors (Lipinski definition) is 1. The van der Waals surface area contributed by atoms with Crippen molar-refractivity contribution in [1.29, 1.82) is 0 Å². The number of nitrogens with one attached hydrogen (secondary N) is 1. The third kappa shape index (κ3) is 4.75. The molecule has 28 heavy (non-hydrogen) atoms. The number of hydrogen-bond acceptors (Lipinski definition) is 6. The van der Waals surface area contributed by atoms with Crippen LogP contribution in [0.5, 0.6) is 5.75 Å². The van der Waals surface area contributed by atoms with Crippen molar-refractivity contribution in [2.45, 2.75) is 20.0 Å². The fraction of sp³-hybridized carbons (Fsp3) is 0.190. The van der Waals surface area contributed by atoms with E-state index in [9.17, 15) is 9.59 Å². The summed E-state index contributed by atoms with van der Waals surface area (Å²) in [7, 11) is 1.52. The number of ether oxygens (including phenoxy) is 2. The molecule has 0 saturated carbocycles. The van der Waals surface area contributed by atoms with Gasteiger partial charge in [-0.25, -0.2) is 9.78 Å². The molecule has 3 aromatic rings. The summed E-state index contributed by atoms with van der Waals surface area (Å²) in [5.41, 5.74) is 2.38. The van der Waals surface area contributed by atoms with E-state index >= 15 is 0 Å². The van der Waals surface area contributed by atoms with Gasteiger partial charge in [0.25, 0.3) is 5.91 Å². The quantitative estimate of drug-likeness (QED) is 0.499. The Morgan fingerprint density at radius 1 is 1.21 bits per heavy atom. The highest BCUT2D eigenvalue weighted by atomic mass is 32.1. The van der Waals surface area contributed by atoms with Gasteiger partial charge in [0, 0.05) is 6.08 Å². The number of thiazole rings is 1. The smallest absolute Gasteiger partial charge is 0.331 e. The molecule has 0 fully saturated rings. The second-order valence-electron chi connectivity index (χ2n) is 6.13. The number of carbonyl (C=O) groups excluding carboxylic acids is 2. The number of carbonyl (C=O) groups is 2. The normalized spacial score (nSPS) is 12.1. The van der Waals surface area contributed by atoms with Crippen LogP contribution in [0.15, 0.2) is 48.5 Å². The number of nitrogens with zero attached hydrogens (tertiary/aromatic N) is 1. The van der Waals surface area contributed by atoms with Crippen molar-refractivity contribution >= 4 is 45.2 Å². The van der Waals surface area contributed by atoms with Crippen molar-refractivity contribution in [3.05, 3.63) is 59.1 Å². The molecule has 1 atom stereocenters. The van der Waals surface area contributed by atoms with Crippen molar-refractivity contribution < 1.29 is 19.1 Å². The highest BCUT2D eigenvalue weighted by molar-refractivity contribution is 7.19. The molecule has 0 saturated heterocycles. The maximum atomic E-state index is 12.3. The fourth-order valence-electron chi connectivity index (χ4n) is 2.52. The number of para-hydroxylation sites is 1. The molecule has 0 bridgehead atoms. The molecule has 0 aliphatic heterocycles. The van der Waals surface area contributed by atoms with E-state index in [2.05, 4.69) is 10.3 Å². The lowest BCUT2D eigenvalue weighted by atomic mass is 10.2. The van der Waals surface area contributed by atoms with Crippen LogP contribution >= 0.6 is 11.3 Å². The Morgan fingerprint density at radius 2 is 2.00 bits per heavy atom. The summed E-state index contributed by atoms with van der Waals surface area (Å²) in [5, 5.41) is 3.42. The van der Waals surface area contributed by atoms with E-state index in [1.165, 1.54) is 31.4 Å². The minimum absolute atomic E-state index is 0.439. The second-order valence-corrected chi connectivity index (χ2v) is 7.19. The van der Waals surface area contributed by atoms with Crippen LogP contribution in [0.4, 0.5) is 5.69 Å². The Hall–Kier alpha value is -3.19. The molecule has 0 unspecified atom stereocenters. The van der Waals surface area contributed by atoms with Crippen LogP contribution in [-0.2, 0) is 14.3 Å². The predicted molar refractivity (Wildman–Crippen MR) is 111 cm³/mol. The minimum Gasteiger partial charge on any atom is -0.495 e. The van der Waals surface area contributed by atoms with Gasteiger partial charge in [-0.1, -0.05) is 18.2 Å². The summed E-state index contributed by atoms with van der Waals surface area (Å²) in [6.07, 6.45) is 1.90.